The predicted octanol–water partition coefficient (Wildman–Crippen LogP) is 3.72. The van der Waals surface area contributed by atoms with Crippen LogP contribution in [0.15, 0.2) is 12.1 Å². The number of benzene rings is 1. The molecule has 1 unspecified atom stereocenters. The summed E-state index contributed by atoms with van der Waals surface area (Å²) in [6.45, 7) is 3.99. The molecular formula is C13H15N3O2S. The highest BCUT2D eigenvalue weighted by atomic mass is 32.1. The molecule has 5 nitrogen and oxygen atoms in total. The van der Waals surface area contributed by atoms with E-state index in [0.29, 0.717) is 11.6 Å². The van der Waals surface area contributed by atoms with E-state index in [9.17, 15) is 10.1 Å². The van der Waals surface area contributed by atoms with Crippen molar-refractivity contribution >= 4 is 32.9 Å². The SMILES string of the molecule is Cc1nc2cc(NC(C)C3CC3)c([N+](=O)[O-])cc2s1. The Kier molecular flexibility index (Phi) is 2.89. The van der Waals surface area contributed by atoms with E-state index >= 15 is 0 Å². The molecule has 1 fully saturated rings. The Morgan fingerprint density at radius 2 is 2.26 bits per heavy atom. The molecule has 0 bridgehead atoms. The first-order chi connectivity index (χ1) is 9.04. The first-order valence-electron chi connectivity index (χ1n) is 6.36. The van der Waals surface area contributed by atoms with Gasteiger partial charge in [0, 0.05) is 12.1 Å². The predicted molar refractivity (Wildman–Crippen MR) is 76.8 cm³/mol. The van der Waals surface area contributed by atoms with E-state index in [0.717, 1.165) is 15.2 Å². The van der Waals surface area contributed by atoms with Gasteiger partial charge in [0.1, 0.15) is 5.69 Å². The van der Waals surface area contributed by atoms with Crippen molar-refractivity contribution in [2.24, 2.45) is 5.92 Å². The second kappa shape index (κ2) is 4.45. The van der Waals surface area contributed by atoms with Gasteiger partial charge in [0.15, 0.2) is 0 Å². The summed E-state index contributed by atoms with van der Waals surface area (Å²) in [5.41, 5.74) is 1.56. The van der Waals surface area contributed by atoms with Crippen LogP contribution in [0.1, 0.15) is 24.8 Å². The first kappa shape index (κ1) is 12.3. The van der Waals surface area contributed by atoms with Crippen molar-refractivity contribution in [3.63, 3.8) is 0 Å². The first-order valence-corrected chi connectivity index (χ1v) is 7.18. The van der Waals surface area contributed by atoms with Crippen LogP contribution >= 0.6 is 11.3 Å². The number of nitrogens with zero attached hydrogens (tertiary/aromatic N) is 2. The molecule has 0 amide bonds. The number of hydrogen-bond donors (Lipinski definition) is 1. The smallest absolute Gasteiger partial charge is 0.293 e. The van der Waals surface area contributed by atoms with Gasteiger partial charge in [-0.1, -0.05) is 0 Å². The lowest BCUT2D eigenvalue weighted by Gasteiger charge is -2.14. The van der Waals surface area contributed by atoms with Crippen molar-refractivity contribution < 1.29 is 4.92 Å². The van der Waals surface area contributed by atoms with Crippen LogP contribution in [0.2, 0.25) is 0 Å². The van der Waals surface area contributed by atoms with Gasteiger partial charge in [0.25, 0.3) is 5.69 Å². The molecule has 2 aromatic rings. The van der Waals surface area contributed by atoms with Gasteiger partial charge in [0.2, 0.25) is 0 Å². The number of anilines is 1. The molecule has 0 saturated heterocycles. The zero-order valence-corrected chi connectivity index (χ0v) is 11.7. The molecule has 1 heterocycles. The number of nitro benzene ring substituents is 1. The maximum Gasteiger partial charge on any atom is 0.293 e. The van der Waals surface area contributed by atoms with Crippen molar-refractivity contribution in [3.8, 4) is 0 Å². The summed E-state index contributed by atoms with van der Waals surface area (Å²) in [6, 6.07) is 3.70. The van der Waals surface area contributed by atoms with E-state index < -0.39 is 0 Å². The highest BCUT2D eigenvalue weighted by Gasteiger charge is 2.29. The number of rotatable bonds is 4. The molecular weight excluding hydrogens is 262 g/mol. The number of nitro groups is 1. The van der Waals surface area contributed by atoms with Gasteiger partial charge in [-0.25, -0.2) is 4.98 Å². The highest BCUT2D eigenvalue weighted by Crippen LogP contribution is 2.37. The molecule has 1 aliphatic rings. The normalized spacial score (nSPS) is 16.5. The number of fused-ring (bicyclic) bond motifs is 1. The number of nitrogens with one attached hydrogen (secondary N) is 1. The Morgan fingerprint density at radius 3 is 2.89 bits per heavy atom. The van der Waals surface area contributed by atoms with Gasteiger partial charge in [-0.2, -0.15) is 0 Å². The van der Waals surface area contributed by atoms with E-state index in [1.165, 1.54) is 24.2 Å². The van der Waals surface area contributed by atoms with E-state index in [1.807, 2.05) is 6.92 Å². The topological polar surface area (TPSA) is 68.1 Å². The minimum Gasteiger partial charge on any atom is -0.377 e. The van der Waals surface area contributed by atoms with Crippen LogP contribution in [0.4, 0.5) is 11.4 Å². The van der Waals surface area contributed by atoms with Gasteiger partial charge < -0.3 is 5.32 Å². The van der Waals surface area contributed by atoms with Crippen molar-refractivity contribution in [1.82, 2.24) is 4.98 Å². The molecule has 100 valence electrons. The maximum atomic E-state index is 11.2. The molecule has 1 aromatic carbocycles. The lowest BCUT2D eigenvalue weighted by atomic mass is 10.2. The molecule has 1 saturated carbocycles. The molecule has 1 aliphatic carbocycles. The minimum absolute atomic E-state index is 0.142. The molecule has 19 heavy (non-hydrogen) atoms. The number of hydrogen-bond acceptors (Lipinski definition) is 5. The summed E-state index contributed by atoms with van der Waals surface area (Å²) in [6.07, 6.45) is 2.42. The van der Waals surface area contributed by atoms with Gasteiger partial charge in [-0.05, 0) is 38.7 Å². The van der Waals surface area contributed by atoms with Gasteiger partial charge in [-0.15, -0.1) is 11.3 Å². The number of aryl methyl sites for hydroxylation is 1. The van der Waals surface area contributed by atoms with Crippen molar-refractivity contribution in [3.05, 3.63) is 27.3 Å². The largest absolute Gasteiger partial charge is 0.377 e. The zero-order chi connectivity index (χ0) is 13.6. The fourth-order valence-corrected chi connectivity index (χ4v) is 3.15. The Balaban J connectivity index is 2.03. The van der Waals surface area contributed by atoms with Gasteiger partial charge in [-0.3, -0.25) is 10.1 Å². The minimum atomic E-state index is -0.323. The quantitative estimate of drug-likeness (QED) is 0.683. The van der Waals surface area contributed by atoms with E-state index in [1.54, 1.807) is 12.1 Å². The second-order valence-corrected chi connectivity index (χ2v) is 6.33. The molecule has 1 atom stereocenters. The lowest BCUT2D eigenvalue weighted by Crippen LogP contribution is -2.18. The second-order valence-electron chi connectivity index (χ2n) is 5.10. The van der Waals surface area contributed by atoms with Crippen molar-refractivity contribution in [2.45, 2.75) is 32.7 Å². The fraction of sp³-hybridized carbons (Fsp3) is 0.462. The third kappa shape index (κ3) is 2.40. The monoisotopic (exact) mass is 277 g/mol. The summed E-state index contributed by atoms with van der Waals surface area (Å²) in [5.74, 6) is 0.646. The van der Waals surface area contributed by atoms with Crippen LogP contribution in [0.5, 0.6) is 0 Å². The van der Waals surface area contributed by atoms with E-state index in [2.05, 4.69) is 17.2 Å². The van der Waals surface area contributed by atoms with Crippen LogP contribution < -0.4 is 5.32 Å². The third-order valence-electron chi connectivity index (χ3n) is 3.52. The average molecular weight is 277 g/mol. The van der Waals surface area contributed by atoms with Crippen LogP contribution in [0.25, 0.3) is 10.2 Å². The fourth-order valence-electron chi connectivity index (χ4n) is 2.30. The molecule has 6 heteroatoms. The summed E-state index contributed by atoms with van der Waals surface area (Å²) in [7, 11) is 0. The molecule has 0 spiro atoms. The number of thiazole rings is 1. The Morgan fingerprint density at radius 1 is 1.53 bits per heavy atom. The van der Waals surface area contributed by atoms with Crippen molar-refractivity contribution in [2.75, 3.05) is 5.32 Å². The summed E-state index contributed by atoms with van der Waals surface area (Å²) >= 11 is 1.49. The summed E-state index contributed by atoms with van der Waals surface area (Å²) in [4.78, 5) is 15.3. The van der Waals surface area contributed by atoms with E-state index in [4.69, 9.17) is 0 Å². The standard InChI is InChI=1S/C13H15N3O2S/c1-7(9-3-4-9)14-10-5-11-13(19-8(2)15-11)6-12(10)16(17)18/h5-7,9,14H,3-4H2,1-2H3. The van der Waals surface area contributed by atoms with Crippen LogP contribution in [-0.2, 0) is 0 Å². The lowest BCUT2D eigenvalue weighted by molar-refractivity contribution is -0.383. The average Bonchev–Trinajstić information content (AvgIpc) is 3.11. The maximum absolute atomic E-state index is 11.2. The highest BCUT2D eigenvalue weighted by molar-refractivity contribution is 7.18. The summed E-state index contributed by atoms with van der Waals surface area (Å²) in [5, 5.41) is 15.4. The van der Waals surface area contributed by atoms with E-state index in [-0.39, 0.29) is 16.7 Å². The summed E-state index contributed by atoms with van der Waals surface area (Å²) < 4.78 is 0.869. The van der Waals surface area contributed by atoms with Gasteiger partial charge >= 0.3 is 0 Å². The Hall–Kier alpha value is -1.69. The van der Waals surface area contributed by atoms with Crippen LogP contribution in [0, 0.1) is 23.0 Å². The molecule has 0 radical (unpaired) electrons. The molecule has 1 aromatic heterocycles. The zero-order valence-electron chi connectivity index (χ0n) is 10.8. The van der Waals surface area contributed by atoms with Gasteiger partial charge in [0.05, 0.1) is 20.1 Å². The Bertz CT molecular complexity index is 649. The molecule has 0 aliphatic heterocycles. The van der Waals surface area contributed by atoms with Crippen LogP contribution in [-0.4, -0.2) is 15.9 Å². The van der Waals surface area contributed by atoms with Crippen molar-refractivity contribution in [1.29, 1.82) is 0 Å². The Labute approximate surface area is 114 Å². The molecule has 1 N–H and O–H groups in total. The third-order valence-corrected chi connectivity index (χ3v) is 4.46. The molecule has 3 rings (SSSR count). The van der Waals surface area contributed by atoms with Crippen LogP contribution in [0.3, 0.4) is 0 Å². The number of aromatic nitrogens is 1.